The van der Waals surface area contributed by atoms with Gasteiger partial charge in [0.05, 0.1) is 5.71 Å². The molecule has 2 amide bonds. The molecule has 2 rings (SSSR count). The molecule has 2 atom stereocenters. The summed E-state index contributed by atoms with van der Waals surface area (Å²) in [5, 5.41) is 3.94. The summed E-state index contributed by atoms with van der Waals surface area (Å²) in [6.45, 7) is 0. The van der Waals surface area contributed by atoms with Crippen molar-refractivity contribution in [3.8, 4) is 0 Å². The summed E-state index contributed by atoms with van der Waals surface area (Å²) in [4.78, 5) is 10.4. The normalized spacial score (nSPS) is 33.0. The van der Waals surface area contributed by atoms with E-state index in [1.165, 1.54) is 19.3 Å². The molecular formula is C10H15N3O. The Balaban J connectivity index is 1.97. The molecule has 4 nitrogen and oxygen atoms in total. The van der Waals surface area contributed by atoms with E-state index in [9.17, 15) is 4.79 Å². The van der Waals surface area contributed by atoms with E-state index in [4.69, 9.17) is 5.73 Å². The van der Waals surface area contributed by atoms with Crippen LogP contribution < -0.4 is 11.2 Å². The van der Waals surface area contributed by atoms with E-state index in [0.717, 1.165) is 24.0 Å². The predicted molar refractivity (Wildman–Crippen MR) is 54.7 cm³/mol. The molecule has 2 aliphatic rings. The molecule has 0 aromatic heterocycles. The fourth-order valence-corrected chi connectivity index (χ4v) is 2.08. The second-order valence-electron chi connectivity index (χ2n) is 3.98. The molecule has 0 saturated heterocycles. The maximum atomic E-state index is 10.4. The van der Waals surface area contributed by atoms with Crippen molar-refractivity contribution in [3.63, 3.8) is 0 Å². The van der Waals surface area contributed by atoms with Gasteiger partial charge in [-0.15, -0.1) is 0 Å². The van der Waals surface area contributed by atoms with Gasteiger partial charge in [-0.25, -0.2) is 10.2 Å². The third-order valence-electron chi connectivity index (χ3n) is 3.09. The lowest BCUT2D eigenvalue weighted by molar-refractivity contribution is 0.218. The minimum Gasteiger partial charge on any atom is -0.350 e. The van der Waals surface area contributed by atoms with Crippen LogP contribution in [0.2, 0.25) is 0 Å². The van der Waals surface area contributed by atoms with Crippen LogP contribution >= 0.6 is 0 Å². The first kappa shape index (κ1) is 9.24. The van der Waals surface area contributed by atoms with Crippen molar-refractivity contribution >= 4 is 11.7 Å². The Morgan fingerprint density at radius 1 is 1.50 bits per heavy atom. The molecule has 0 bridgehead atoms. The smallest absolute Gasteiger partial charge is 0.332 e. The number of rotatable bonds is 1. The van der Waals surface area contributed by atoms with Crippen LogP contribution in [-0.2, 0) is 0 Å². The van der Waals surface area contributed by atoms with Crippen LogP contribution in [0.25, 0.3) is 0 Å². The summed E-state index contributed by atoms with van der Waals surface area (Å²) in [5.41, 5.74) is 8.13. The van der Waals surface area contributed by atoms with Gasteiger partial charge in [-0.3, -0.25) is 0 Å². The molecule has 0 radical (unpaired) electrons. The molecule has 1 unspecified atom stereocenters. The third-order valence-corrected chi connectivity index (χ3v) is 3.09. The summed E-state index contributed by atoms with van der Waals surface area (Å²) in [6.07, 6.45) is 8.99. The molecule has 14 heavy (non-hydrogen) atoms. The van der Waals surface area contributed by atoms with Gasteiger partial charge in [0.2, 0.25) is 0 Å². The molecular weight excluding hydrogens is 178 g/mol. The fourth-order valence-electron chi connectivity index (χ4n) is 2.08. The summed E-state index contributed by atoms with van der Waals surface area (Å²) < 4.78 is 0. The molecule has 4 heteroatoms. The number of nitrogens with zero attached hydrogens (tertiary/aromatic N) is 1. The Labute approximate surface area is 83.2 Å². The van der Waals surface area contributed by atoms with Crippen molar-refractivity contribution in [2.75, 3.05) is 0 Å². The monoisotopic (exact) mass is 193 g/mol. The van der Waals surface area contributed by atoms with E-state index < -0.39 is 6.03 Å². The van der Waals surface area contributed by atoms with Crippen molar-refractivity contribution in [3.05, 3.63) is 12.2 Å². The first-order valence-electron chi connectivity index (χ1n) is 5.06. The number of fused-ring (bicyclic) bond motifs is 1. The number of hydrogen-bond donors (Lipinski definition) is 2. The van der Waals surface area contributed by atoms with Crippen LogP contribution in [0.15, 0.2) is 17.3 Å². The first-order chi connectivity index (χ1) is 6.75. The van der Waals surface area contributed by atoms with Crippen molar-refractivity contribution in [1.82, 2.24) is 5.43 Å². The predicted octanol–water partition coefficient (Wildman–Crippen LogP) is 1.39. The minimum absolute atomic E-state index is 0.599. The lowest BCUT2D eigenvalue weighted by atomic mass is 9.72. The number of carbonyl (C=O) groups is 1. The van der Waals surface area contributed by atoms with Gasteiger partial charge in [0.15, 0.2) is 0 Å². The lowest BCUT2D eigenvalue weighted by Gasteiger charge is -2.33. The van der Waals surface area contributed by atoms with Crippen molar-refractivity contribution in [1.29, 1.82) is 0 Å². The molecule has 0 aliphatic heterocycles. The maximum Gasteiger partial charge on any atom is 0.332 e. The topological polar surface area (TPSA) is 67.5 Å². The quantitative estimate of drug-likeness (QED) is 0.607. The number of nitrogens with two attached hydrogens (primary N) is 1. The number of carbonyl (C=O) groups excluding carboxylic acids is 1. The fraction of sp³-hybridized carbons (Fsp3) is 0.600. The Morgan fingerprint density at radius 2 is 2.36 bits per heavy atom. The molecule has 1 saturated carbocycles. The van der Waals surface area contributed by atoms with E-state index >= 15 is 0 Å². The number of nitrogens with one attached hydrogen (secondary N) is 1. The van der Waals surface area contributed by atoms with Crippen LogP contribution in [0.5, 0.6) is 0 Å². The van der Waals surface area contributed by atoms with E-state index in [1.54, 1.807) is 0 Å². The molecule has 76 valence electrons. The van der Waals surface area contributed by atoms with E-state index in [-0.39, 0.29) is 0 Å². The van der Waals surface area contributed by atoms with Gasteiger partial charge in [0.1, 0.15) is 0 Å². The first-order valence-corrected chi connectivity index (χ1v) is 5.06. The second-order valence-corrected chi connectivity index (χ2v) is 3.98. The number of primary amides is 1. The summed E-state index contributed by atoms with van der Waals surface area (Å²) in [6, 6.07) is -0.599. The molecule has 0 aromatic carbocycles. The molecule has 0 aromatic rings. The zero-order chi connectivity index (χ0) is 9.97. The number of urea groups is 1. The van der Waals surface area contributed by atoms with Gasteiger partial charge in [-0.05, 0) is 43.6 Å². The highest BCUT2D eigenvalue weighted by molar-refractivity contribution is 5.95. The molecule has 0 heterocycles. The lowest BCUT2D eigenvalue weighted by Crippen LogP contribution is -2.25. The minimum atomic E-state index is -0.599. The van der Waals surface area contributed by atoms with Gasteiger partial charge in [-0.1, -0.05) is 6.08 Å². The second kappa shape index (κ2) is 3.82. The van der Waals surface area contributed by atoms with Crippen LogP contribution in [0.1, 0.15) is 25.7 Å². The highest BCUT2D eigenvalue weighted by Gasteiger charge is 2.29. The van der Waals surface area contributed by atoms with Gasteiger partial charge in [-0.2, -0.15) is 5.10 Å². The van der Waals surface area contributed by atoms with Crippen LogP contribution in [0, 0.1) is 11.8 Å². The van der Waals surface area contributed by atoms with Crippen molar-refractivity contribution < 1.29 is 4.79 Å². The van der Waals surface area contributed by atoms with E-state index in [0.29, 0.717) is 0 Å². The highest BCUT2D eigenvalue weighted by atomic mass is 16.2. The molecule has 1 fully saturated rings. The Morgan fingerprint density at radius 3 is 3.00 bits per heavy atom. The van der Waals surface area contributed by atoms with E-state index in [2.05, 4.69) is 16.6 Å². The third kappa shape index (κ3) is 1.95. The average molecular weight is 193 g/mol. The SMILES string of the molecule is NC(=O)N/N=C1\C=CC2CC[C@@H]2CC1. The van der Waals surface area contributed by atoms with E-state index in [1.807, 2.05) is 6.08 Å². The Bertz CT molecular complexity index is 296. The Hall–Kier alpha value is -1.32. The number of hydrogen-bond acceptors (Lipinski definition) is 2. The van der Waals surface area contributed by atoms with Gasteiger partial charge in [0, 0.05) is 0 Å². The maximum absolute atomic E-state index is 10.4. The largest absolute Gasteiger partial charge is 0.350 e. The van der Waals surface area contributed by atoms with Gasteiger partial charge in [0.25, 0.3) is 0 Å². The van der Waals surface area contributed by atoms with Crippen molar-refractivity contribution in [2.24, 2.45) is 22.7 Å². The highest BCUT2D eigenvalue weighted by Crippen LogP contribution is 2.40. The zero-order valence-electron chi connectivity index (χ0n) is 8.07. The van der Waals surface area contributed by atoms with Crippen molar-refractivity contribution in [2.45, 2.75) is 25.7 Å². The van der Waals surface area contributed by atoms with Crippen LogP contribution in [0.4, 0.5) is 4.79 Å². The number of allylic oxidation sites excluding steroid dienone is 2. The van der Waals surface area contributed by atoms with Crippen LogP contribution in [-0.4, -0.2) is 11.7 Å². The number of hydrazone groups is 1. The number of amides is 2. The molecule has 3 N–H and O–H groups in total. The Kier molecular flexibility index (Phi) is 2.52. The van der Waals surface area contributed by atoms with Crippen LogP contribution in [0.3, 0.4) is 0 Å². The summed E-state index contributed by atoms with van der Waals surface area (Å²) in [5.74, 6) is 1.59. The van der Waals surface area contributed by atoms with Gasteiger partial charge < -0.3 is 5.73 Å². The summed E-state index contributed by atoms with van der Waals surface area (Å²) in [7, 11) is 0. The molecule has 2 aliphatic carbocycles. The zero-order valence-corrected chi connectivity index (χ0v) is 8.07. The standard InChI is InChI=1S/C10H15N3O/c11-10(14)13-12-9-5-3-7-1-2-8(7)4-6-9/h3,5,7-8H,1-2,4,6H2,(H3,11,13,14)/b12-9+/t7?,8-/m1/s1. The summed E-state index contributed by atoms with van der Waals surface area (Å²) >= 11 is 0. The average Bonchev–Trinajstić information content (AvgIpc) is 2.23. The van der Waals surface area contributed by atoms with Gasteiger partial charge >= 0.3 is 6.03 Å². The molecule has 0 spiro atoms.